The van der Waals surface area contributed by atoms with Gasteiger partial charge < -0.3 is 19.4 Å². The molecule has 1 aromatic carbocycles. The lowest BCUT2D eigenvalue weighted by Crippen LogP contribution is -2.61. The summed E-state index contributed by atoms with van der Waals surface area (Å²) in [7, 11) is -0.436. The maximum atomic E-state index is 13.5. The summed E-state index contributed by atoms with van der Waals surface area (Å²) in [6.45, 7) is 8.71. The minimum absolute atomic E-state index is 0.149. The zero-order chi connectivity index (χ0) is 19.4. The largest absolute Gasteiger partial charge is 0.494 e. The lowest BCUT2D eigenvalue weighted by Gasteiger charge is -2.42. The summed E-state index contributed by atoms with van der Waals surface area (Å²) in [5.74, 6) is -0.149. The van der Waals surface area contributed by atoms with E-state index in [9.17, 15) is 9.18 Å². The highest BCUT2D eigenvalue weighted by Gasteiger charge is 2.52. The summed E-state index contributed by atoms with van der Waals surface area (Å²) >= 11 is 0. The van der Waals surface area contributed by atoms with E-state index in [0.29, 0.717) is 26.1 Å². The minimum atomic E-state index is -0.933. The molecule has 2 saturated heterocycles. The Bertz CT molecular complexity index is 716. The smallest absolute Gasteiger partial charge is 0.399 e. The van der Waals surface area contributed by atoms with E-state index >= 15 is 0 Å². The van der Waals surface area contributed by atoms with Crippen molar-refractivity contribution in [3.8, 4) is 0 Å². The molecule has 7 heteroatoms. The average molecular weight is 375 g/mol. The van der Waals surface area contributed by atoms with Crippen molar-refractivity contribution in [3.05, 3.63) is 29.8 Å². The molecule has 4 rings (SSSR count). The van der Waals surface area contributed by atoms with Gasteiger partial charge in [0.15, 0.2) is 0 Å². The molecular weight excluding hydrogens is 348 g/mol. The fourth-order valence-corrected chi connectivity index (χ4v) is 3.60. The first-order valence-corrected chi connectivity index (χ1v) is 9.63. The number of carbonyl (C=O) groups excluding carboxylic acids is 1. The molecule has 1 unspecified atom stereocenters. The molecule has 3 aliphatic rings. The molecule has 0 radical (unpaired) electrons. The van der Waals surface area contributed by atoms with Gasteiger partial charge in [0.1, 0.15) is 11.6 Å². The van der Waals surface area contributed by atoms with Crippen LogP contribution in [0.15, 0.2) is 24.3 Å². The van der Waals surface area contributed by atoms with Gasteiger partial charge in [-0.25, -0.2) is 4.39 Å². The number of ether oxygens (including phenoxy) is 1. The van der Waals surface area contributed by atoms with E-state index in [1.807, 2.05) is 52.0 Å². The van der Waals surface area contributed by atoms with Crippen molar-refractivity contribution in [2.45, 2.75) is 69.4 Å². The van der Waals surface area contributed by atoms with Gasteiger partial charge in [-0.2, -0.15) is 0 Å². The predicted octanol–water partition coefficient (Wildman–Crippen LogP) is 1.87. The zero-order valence-corrected chi connectivity index (χ0v) is 16.4. The Morgan fingerprint density at radius 2 is 1.67 bits per heavy atom. The lowest BCUT2D eigenvalue weighted by atomic mass is 9.73. The Labute approximate surface area is 160 Å². The van der Waals surface area contributed by atoms with E-state index < -0.39 is 29.9 Å². The topological polar surface area (TPSA) is 56.8 Å². The Hall–Kier alpha value is -1.44. The van der Waals surface area contributed by atoms with Crippen LogP contribution in [-0.2, 0) is 24.3 Å². The van der Waals surface area contributed by atoms with Crippen LogP contribution in [0.25, 0.3) is 0 Å². The molecule has 2 heterocycles. The van der Waals surface area contributed by atoms with E-state index in [2.05, 4.69) is 5.32 Å². The van der Waals surface area contributed by atoms with E-state index in [1.165, 1.54) is 0 Å². The SMILES string of the molecule is CC1(C)OB(c2ccc(C3(C(=O)N[C@H]4CCC4F)COC3)cc2)OC1(C)C. The standard InChI is InChI=1S/C20H27BFNO4/c1-18(2)19(3,4)27-21(26-18)14-7-5-13(6-8-14)20(11-25-12-20)17(24)23-16-10-9-15(16)22/h5-8,15-16H,9-12H2,1-4H3,(H,23,24)/t15?,16-/m0/s1. The van der Waals surface area contributed by atoms with Gasteiger partial charge in [0.25, 0.3) is 0 Å². The number of hydrogen-bond acceptors (Lipinski definition) is 4. The van der Waals surface area contributed by atoms with Crippen LogP contribution in [0.2, 0.25) is 0 Å². The summed E-state index contributed by atoms with van der Waals surface area (Å²) in [4.78, 5) is 12.8. The third-order valence-electron chi connectivity index (χ3n) is 6.63. The first-order valence-electron chi connectivity index (χ1n) is 9.63. The second-order valence-electron chi connectivity index (χ2n) is 8.96. The molecule has 5 nitrogen and oxygen atoms in total. The molecule has 0 spiro atoms. The van der Waals surface area contributed by atoms with Gasteiger partial charge in [-0.1, -0.05) is 24.3 Å². The average Bonchev–Trinajstić information content (AvgIpc) is 2.79. The highest BCUT2D eigenvalue weighted by atomic mass is 19.1. The number of nitrogens with one attached hydrogen (secondary N) is 1. The van der Waals surface area contributed by atoms with Crippen molar-refractivity contribution in [1.82, 2.24) is 5.32 Å². The van der Waals surface area contributed by atoms with Crippen molar-refractivity contribution in [2.75, 3.05) is 13.2 Å². The second-order valence-corrected chi connectivity index (χ2v) is 8.96. The van der Waals surface area contributed by atoms with Gasteiger partial charge in [-0.3, -0.25) is 4.79 Å². The normalized spacial score (nSPS) is 30.3. The minimum Gasteiger partial charge on any atom is -0.399 e. The summed E-state index contributed by atoms with van der Waals surface area (Å²) in [5.41, 5.74) is 0.261. The second kappa shape index (κ2) is 6.29. The summed E-state index contributed by atoms with van der Waals surface area (Å²) in [5, 5.41) is 2.86. The van der Waals surface area contributed by atoms with Gasteiger partial charge in [-0.15, -0.1) is 0 Å². The Morgan fingerprint density at radius 1 is 1.07 bits per heavy atom. The van der Waals surface area contributed by atoms with Crippen LogP contribution >= 0.6 is 0 Å². The fraction of sp³-hybridized carbons (Fsp3) is 0.650. The molecule has 3 fully saturated rings. The first kappa shape index (κ1) is 18.9. The predicted molar refractivity (Wildman–Crippen MR) is 101 cm³/mol. The molecule has 27 heavy (non-hydrogen) atoms. The van der Waals surface area contributed by atoms with Crippen molar-refractivity contribution in [3.63, 3.8) is 0 Å². The number of benzene rings is 1. The lowest BCUT2D eigenvalue weighted by molar-refractivity contribution is -0.147. The van der Waals surface area contributed by atoms with Gasteiger partial charge in [0.05, 0.1) is 30.5 Å². The number of carbonyl (C=O) groups is 1. The summed E-state index contributed by atoms with van der Waals surface area (Å²) < 4.78 is 31.1. The molecule has 2 aliphatic heterocycles. The number of amides is 1. The maximum Gasteiger partial charge on any atom is 0.494 e. The van der Waals surface area contributed by atoms with Crippen LogP contribution in [0.4, 0.5) is 4.39 Å². The van der Waals surface area contributed by atoms with Gasteiger partial charge in [-0.05, 0) is 51.6 Å². The van der Waals surface area contributed by atoms with Crippen LogP contribution in [0.5, 0.6) is 0 Å². The molecule has 1 aromatic rings. The Morgan fingerprint density at radius 3 is 2.07 bits per heavy atom. The molecule has 0 bridgehead atoms. The molecule has 2 atom stereocenters. The van der Waals surface area contributed by atoms with E-state index in [4.69, 9.17) is 14.0 Å². The molecule has 1 N–H and O–H groups in total. The van der Waals surface area contributed by atoms with Gasteiger partial charge in [0, 0.05) is 0 Å². The molecule has 0 aromatic heterocycles. The van der Waals surface area contributed by atoms with E-state index in [-0.39, 0.29) is 11.9 Å². The van der Waals surface area contributed by atoms with Crippen molar-refractivity contribution < 1.29 is 23.2 Å². The van der Waals surface area contributed by atoms with E-state index in [1.54, 1.807) is 0 Å². The highest BCUT2D eigenvalue weighted by Crippen LogP contribution is 2.37. The number of hydrogen-bond donors (Lipinski definition) is 1. The molecule has 1 saturated carbocycles. The number of alkyl halides is 1. The Balaban J connectivity index is 1.50. The summed E-state index contributed by atoms with van der Waals surface area (Å²) in [6, 6.07) is 7.36. The molecule has 1 amide bonds. The van der Waals surface area contributed by atoms with Crippen LogP contribution in [0, 0.1) is 0 Å². The summed E-state index contributed by atoms with van der Waals surface area (Å²) in [6.07, 6.45) is 0.292. The third kappa shape index (κ3) is 3.00. The Kier molecular flexibility index (Phi) is 4.41. The molecule has 1 aliphatic carbocycles. The van der Waals surface area contributed by atoms with Crippen LogP contribution in [-0.4, -0.2) is 49.7 Å². The van der Waals surface area contributed by atoms with Crippen LogP contribution in [0.3, 0.4) is 0 Å². The maximum absolute atomic E-state index is 13.5. The highest BCUT2D eigenvalue weighted by molar-refractivity contribution is 6.62. The molecule has 146 valence electrons. The van der Waals surface area contributed by atoms with Gasteiger partial charge >= 0.3 is 7.12 Å². The third-order valence-corrected chi connectivity index (χ3v) is 6.63. The quantitative estimate of drug-likeness (QED) is 0.817. The van der Waals surface area contributed by atoms with Crippen molar-refractivity contribution >= 4 is 18.5 Å². The van der Waals surface area contributed by atoms with Gasteiger partial charge in [0.2, 0.25) is 5.91 Å². The first-order chi connectivity index (χ1) is 12.6. The molecular formula is C20H27BFNO4. The monoisotopic (exact) mass is 375 g/mol. The van der Waals surface area contributed by atoms with Crippen LogP contribution < -0.4 is 10.8 Å². The van der Waals surface area contributed by atoms with Crippen molar-refractivity contribution in [2.24, 2.45) is 0 Å². The number of halogens is 1. The number of rotatable bonds is 4. The zero-order valence-electron chi connectivity index (χ0n) is 16.4. The van der Waals surface area contributed by atoms with E-state index in [0.717, 1.165) is 11.0 Å². The fourth-order valence-electron chi connectivity index (χ4n) is 3.60. The van der Waals surface area contributed by atoms with Crippen molar-refractivity contribution in [1.29, 1.82) is 0 Å². The van der Waals surface area contributed by atoms with Crippen LogP contribution in [0.1, 0.15) is 46.1 Å².